The van der Waals surface area contributed by atoms with Gasteiger partial charge in [-0.1, -0.05) is 30.0 Å². The number of nitriles is 2. The zero-order valence-electron chi connectivity index (χ0n) is 15.0. The van der Waals surface area contributed by atoms with E-state index in [1.807, 2.05) is 48.5 Å². The third kappa shape index (κ3) is 3.57. The number of thioether (sulfide) groups is 1. The van der Waals surface area contributed by atoms with Crippen LogP contribution in [0.1, 0.15) is 11.1 Å². The Morgan fingerprint density at radius 2 is 1.83 bits per heavy atom. The van der Waals surface area contributed by atoms with Crippen molar-refractivity contribution in [3.05, 3.63) is 59.7 Å². The fourth-order valence-electron chi connectivity index (χ4n) is 2.97. The Morgan fingerprint density at radius 3 is 2.62 bits per heavy atom. The number of aromatic amines is 1. The molecule has 2 aromatic heterocycles. The lowest BCUT2D eigenvalue weighted by Gasteiger charge is -2.05. The first kappa shape index (κ1) is 18.4. The van der Waals surface area contributed by atoms with Gasteiger partial charge in [0.2, 0.25) is 5.91 Å². The van der Waals surface area contributed by atoms with Gasteiger partial charge in [-0.2, -0.15) is 10.5 Å². The van der Waals surface area contributed by atoms with Crippen molar-refractivity contribution in [3.63, 3.8) is 0 Å². The van der Waals surface area contributed by atoms with Gasteiger partial charge in [-0.25, -0.2) is 4.98 Å². The highest BCUT2D eigenvalue weighted by molar-refractivity contribution is 7.99. The van der Waals surface area contributed by atoms with Gasteiger partial charge in [0.15, 0.2) is 5.03 Å². The lowest BCUT2D eigenvalue weighted by Crippen LogP contribution is -2.19. The molecule has 2 aromatic carbocycles. The van der Waals surface area contributed by atoms with Crippen LogP contribution in [0.4, 0.5) is 11.5 Å². The Bertz CT molecular complexity index is 1350. The second-order valence-corrected chi connectivity index (χ2v) is 7.19. The van der Waals surface area contributed by atoms with Crippen molar-refractivity contribution in [3.8, 4) is 12.1 Å². The summed E-state index contributed by atoms with van der Waals surface area (Å²) < 4.78 is 5.79. The van der Waals surface area contributed by atoms with Crippen molar-refractivity contribution in [1.29, 1.82) is 10.5 Å². The maximum Gasteiger partial charge on any atom is 0.289 e. The molecule has 0 spiro atoms. The average molecular weight is 400 g/mol. The first-order chi connectivity index (χ1) is 14.1. The van der Waals surface area contributed by atoms with Gasteiger partial charge < -0.3 is 9.73 Å². The summed E-state index contributed by atoms with van der Waals surface area (Å²) in [6, 6.07) is 18.5. The molecule has 0 aliphatic heterocycles. The predicted molar refractivity (Wildman–Crippen MR) is 110 cm³/mol. The minimum Gasteiger partial charge on any atom is -0.456 e. The standard InChI is InChI=1S/C21H13N5O2S/c22-9-12-7-13(10-23)21(26-20(12)24)29-11-19(27)25-14-5-6-18-16(8-14)15-3-1-2-4-17(15)28-18/h1-8H,11H2,(H2,24,26)(H,25,27)/p+1. The molecule has 0 saturated carbocycles. The number of nitrogens with two attached hydrogens (primary N) is 1. The molecule has 1 amide bonds. The van der Waals surface area contributed by atoms with E-state index in [1.54, 1.807) is 6.07 Å². The number of anilines is 2. The number of amides is 1. The molecule has 0 bridgehead atoms. The average Bonchev–Trinajstić information content (AvgIpc) is 3.10. The van der Waals surface area contributed by atoms with Crippen LogP contribution in [0.2, 0.25) is 0 Å². The number of hydrogen-bond donors (Lipinski definition) is 2. The van der Waals surface area contributed by atoms with Crippen LogP contribution in [0.5, 0.6) is 0 Å². The summed E-state index contributed by atoms with van der Waals surface area (Å²) >= 11 is 1.14. The summed E-state index contributed by atoms with van der Waals surface area (Å²) in [4.78, 5) is 15.2. The number of pyridine rings is 1. The molecule has 0 aliphatic carbocycles. The maximum atomic E-state index is 12.4. The molecular weight excluding hydrogens is 386 g/mol. The molecule has 2 heterocycles. The zero-order chi connectivity index (χ0) is 20.4. The summed E-state index contributed by atoms with van der Waals surface area (Å²) in [7, 11) is 0. The van der Waals surface area contributed by atoms with Crippen LogP contribution in [0.15, 0.2) is 58.0 Å². The second-order valence-electron chi connectivity index (χ2n) is 6.21. The maximum absolute atomic E-state index is 12.4. The number of aromatic nitrogens is 1. The number of benzene rings is 2. The number of nitrogens with zero attached hydrogens (tertiary/aromatic N) is 2. The molecule has 4 rings (SSSR count). The van der Waals surface area contributed by atoms with Gasteiger partial charge in [0.1, 0.15) is 34.4 Å². The Labute approximate surface area is 169 Å². The van der Waals surface area contributed by atoms with Gasteiger partial charge >= 0.3 is 0 Å². The van der Waals surface area contributed by atoms with E-state index in [-0.39, 0.29) is 28.6 Å². The number of rotatable bonds is 4. The van der Waals surface area contributed by atoms with Crippen LogP contribution >= 0.6 is 11.8 Å². The van der Waals surface area contributed by atoms with Crippen molar-refractivity contribution in [2.24, 2.45) is 0 Å². The number of furan rings is 1. The van der Waals surface area contributed by atoms with Crippen LogP contribution < -0.4 is 16.0 Å². The highest BCUT2D eigenvalue weighted by Crippen LogP contribution is 2.30. The molecule has 0 radical (unpaired) electrons. The van der Waals surface area contributed by atoms with Gasteiger partial charge in [-0.15, -0.1) is 0 Å². The number of fused-ring (bicyclic) bond motifs is 3. The number of H-pyrrole nitrogens is 1. The number of nitrogens with one attached hydrogen (secondary N) is 2. The van der Waals surface area contributed by atoms with Crippen LogP contribution in [0.3, 0.4) is 0 Å². The summed E-state index contributed by atoms with van der Waals surface area (Å²) in [6.45, 7) is 0. The number of hydrogen-bond acceptors (Lipinski definition) is 6. The molecule has 0 fully saturated rings. The molecule has 0 atom stereocenters. The highest BCUT2D eigenvalue weighted by atomic mass is 32.2. The predicted octanol–water partition coefficient (Wildman–Crippen LogP) is 3.46. The minimum absolute atomic E-state index is 0.0701. The molecule has 0 unspecified atom stereocenters. The van der Waals surface area contributed by atoms with E-state index in [1.165, 1.54) is 6.07 Å². The van der Waals surface area contributed by atoms with Gasteiger partial charge in [0.05, 0.1) is 5.75 Å². The molecule has 29 heavy (non-hydrogen) atoms. The Morgan fingerprint density at radius 1 is 1.07 bits per heavy atom. The lowest BCUT2D eigenvalue weighted by atomic mass is 10.1. The number of para-hydroxylation sites is 1. The highest BCUT2D eigenvalue weighted by Gasteiger charge is 2.16. The van der Waals surface area contributed by atoms with Crippen molar-refractivity contribution >= 4 is 51.1 Å². The third-order valence-corrected chi connectivity index (χ3v) is 5.34. The van der Waals surface area contributed by atoms with Gasteiger partial charge in [-0.05, 0) is 30.3 Å². The van der Waals surface area contributed by atoms with Crippen molar-refractivity contribution in [2.75, 3.05) is 16.8 Å². The van der Waals surface area contributed by atoms with Gasteiger partial charge in [0, 0.05) is 16.5 Å². The first-order valence-electron chi connectivity index (χ1n) is 8.59. The molecular formula is C21H14N5O2S+. The normalized spacial score (nSPS) is 10.6. The van der Waals surface area contributed by atoms with Crippen molar-refractivity contribution in [1.82, 2.24) is 0 Å². The van der Waals surface area contributed by atoms with E-state index in [4.69, 9.17) is 15.4 Å². The quantitative estimate of drug-likeness (QED) is 0.505. The fraction of sp³-hybridized carbons (Fsp3) is 0.0476. The molecule has 140 valence electrons. The number of carbonyl (C=O) groups excluding carboxylic acids is 1. The van der Waals surface area contributed by atoms with Crippen LogP contribution in [-0.2, 0) is 4.79 Å². The summed E-state index contributed by atoms with van der Waals surface area (Å²) in [6.07, 6.45) is 0. The first-order valence-corrected chi connectivity index (χ1v) is 9.57. The Balaban J connectivity index is 1.51. The SMILES string of the molecule is N#Cc1cc(C#N)c(SCC(=O)Nc2ccc3oc4ccccc4c3c2)[nH+]c1N. The monoisotopic (exact) mass is 400 g/mol. The van der Waals surface area contributed by atoms with Crippen molar-refractivity contribution < 1.29 is 14.2 Å². The van der Waals surface area contributed by atoms with E-state index in [0.29, 0.717) is 10.7 Å². The molecule has 0 aliphatic rings. The summed E-state index contributed by atoms with van der Waals surface area (Å²) in [5.41, 5.74) is 8.41. The molecule has 4 aromatic rings. The fourth-order valence-corrected chi connectivity index (χ4v) is 3.76. The molecule has 8 heteroatoms. The third-order valence-electron chi connectivity index (χ3n) is 4.32. The Kier molecular flexibility index (Phi) is 4.78. The number of carbonyl (C=O) groups is 1. The minimum atomic E-state index is -0.234. The summed E-state index contributed by atoms with van der Waals surface area (Å²) in [5, 5.41) is 23.4. The molecule has 7 nitrogen and oxygen atoms in total. The van der Waals surface area contributed by atoms with E-state index in [9.17, 15) is 10.1 Å². The largest absolute Gasteiger partial charge is 0.456 e. The van der Waals surface area contributed by atoms with Crippen molar-refractivity contribution in [2.45, 2.75) is 5.03 Å². The van der Waals surface area contributed by atoms with E-state index in [2.05, 4.69) is 10.3 Å². The number of nitrogen functional groups attached to an aromatic ring is 1. The molecule has 0 saturated heterocycles. The van der Waals surface area contributed by atoms with Crippen LogP contribution in [0.25, 0.3) is 21.9 Å². The smallest absolute Gasteiger partial charge is 0.289 e. The molecule has 4 N–H and O–H groups in total. The van der Waals surface area contributed by atoms with E-state index in [0.717, 1.165) is 33.7 Å². The zero-order valence-corrected chi connectivity index (χ0v) is 15.8. The second kappa shape index (κ2) is 7.55. The van der Waals surface area contributed by atoms with E-state index < -0.39 is 0 Å². The topological polar surface area (TPSA) is 130 Å². The van der Waals surface area contributed by atoms with Crippen LogP contribution in [0, 0.1) is 22.7 Å². The van der Waals surface area contributed by atoms with Gasteiger partial charge in [-0.3, -0.25) is 10.5 Å². The summed E-state index contributed by atoms with van der Waals surface area (Å²) in [5.74, 6) is -0.00481. The lowest BCUT2D eigenvalue weighted by molar-refractivity contribution is -0.410. The van der Waals surface area contributed by atoms with Crippen LogP contribution in [-0.4, -0.2) is 11.7 Å². The van der Waals surface area contributed by atoms with Gasteiger partial charge in [0.25, 0.3) is 5.82 Å². The van der Waals surface area contributed by atoms with E-state index >= 15 is 0 Å². The Hall–Kier alpha value is -4.01.